The summed E-state index contributed by atoms with van der Waals surface area (Å²) in [6.45, 7) is 13.3. The number of carbonyl (C=O) groups is 1. The van der Waals surface area contributed by atoms with Crippen LogP contribution in [0.25, 0.3) is 0 Å². The molecule has 0 saturated carbocycles. The molecule has 1 aliphatic rings. The van der Waals surface area contributed by atoms with Gasteiger partial charge in [-0.3, -0.25) is 9.69 Å². The molecule has 0 atom stereocenters. The number of piperazine rings is 1. The van der Waals surface area contributed by atoms with Gasteiger partial charge >= 0.3 is 0 Å². The first-order valence-electron chi connectivity index (χ1n) is 7.73. The van der Waals surface area contributed by atoms with Gasteiger partial charge in [-0.2, -0.15) is 0 Å². The van der Waals surface area contributed by atoms with Gasteiger partial charge in [-0.25, -0.2) is 0 Å². The van der Waals surface area contributed by atoms with Crippen LogP contribution < -0.4 is 5.73 Å². The predicted octanol–water partition coefficient (Wildman–Crippen LogP) is 1.69. The SMILES string of the molecule is CCC(N)(CC)C(=O)N1CCN(CCC(C)C)CC1. The van der Waals surface area contributed by atoms with Crippen molar-refractivity contribution in [2.45, 2.75) is 52.5 Å². The Morgan fingerprint density at radius 3 is 2.11 bits per heavy atom. The Kier molecular flexibility index (Phi) is 6.27. The molecule has 112 valence electrons. The molecular formula is C15H31N3O. The zero-order valence-electron chi connectivity index (χ0n) is 13.1. The van der Waals surface area contributed by atoms with E-state index in [1.807, 2.05) is 18.7 Å². The highest BCUT2D eigenvalue weighted by atomic mass is 16.2. The van der Waals surface area contributed by atoms with Crippen LogP contribution in [0.3, 0.4) is 0 Å². The quantitative estimate of drug-likeness (QED) is 0.798. The van der Waals surface area contributed by atoms with E-state index in [0.717, 1.165) is 51.5 Å². The van der Waals surface area contributed by atoms with Crippen molar-refractivity contribution in [2.24, 2.45) is 11.7 Å². The summed E-state index contributed by atoms with van der Waals surface area (Å²) >= 11 is 0. The molecule has 1 fully saturated rings. The number of nitrogens with zero attached hydrogens (tertiary/aromatic N) is 2. The summed E-state index contributed by atoms with van der Waals surface area (Å²) in [5.74, 6) is 0.887. The standard InChI is InChI=1S/C15H31N3O/c1-5-15(16,6-2)14(19)18-11-9-17(10-12-18)8-7-13(3)4/h13H,5-12,16H2,1-4H3. The van der Waals surface area contributed by atoms with Crippen molar-refractivity contribution >= 4 is 5.91 Å². The van der Waals surface area contributed by atoms with E-state index in [-0.39, 0.29) is 5.91 Å². The average Bonchev–Trinajstić information content (AvgIpc) is 2.44. The van der Waals surface area contributed by atoms with Crippen molar-refractivity contribution in [3.05, 3.63) is 0 Å². The molecule has 0 aromatic rings. The maximum absolute atomic E-state index is 12.4. The van der Waals surface area contributed by atoms with E-state index in [4.69, 9.17) is 5.73 Å². The highest BCUT2D eigenvalue weighted by Gasteiger charge is 2.35. The molecule has 0 spiro atoms. The van der Waals surface area contributed by atoms with Gasteiger partial charge in [0.05, 0.1) is 5.54 Å². The maximum Gasteiger partial charge on any atom is 0.242 e. The van der Waals surface area contributed by atoms with E-state index in [1.54, 1.807) is 0 Å². The van der Waals surface area contributed by atoms with Crippen molar-refractivity contribution in [1.82, 2.24) is 9.80 Å². The smallest absolute Gasteiger partial charge is 0.242 e. The van der Waals surface area contributed by atoms with Gasteiger partial charge in [-0.1, -0.05) is 27.7 Å². The molecule has 0 aromatic heterocycles. The van der Waals surface area contributed by atoms with Crippen LogP contribution in [0, 0.1) is 5.92 Å². The lowest BCUT2D eigenvalue weighted by molar-refractivity contribution is -0.139. The second-order valence-electron chi connectivity index (χ2n) is 6.18. The van der Waals surface area contributed by atoms with Crippen molar-refractivity contribution in [2.75, 3.05) is 32.7 Å². The topological polar surface area (TPSA) is 49.6 Å². The Bertz CT molecular complexity index is 279. The first-order valence-corrected chi connectivity index (χ1v) is 7.73. The van der Waals surface area contributed by atoms with E-state index >= 15 is 0 Å². The molecule has 4 nitrogen and oxygen atoms in total. The average molecular weight is 269 g/mol. The van der Waals surface area contributed by atoms with Gasteiger partial charge in [-0.15, -0.1) is 0 Å². The zero-order valence-corrected chi connectivity index (χ0v) is 13.1. The lowest BCUT2D eigenvalue weighted by Gasteiger charge is -2.39. The lowest BCUT2D eigenvalue weighted by atomic mass is 9.92. The Balaban J connectivity index is 2.43. The number of nitrogens with two attached hydrogens (primary N) is 1. The van der Waals surface area contributed by atoms with Gasteiger partial charge in [0.2, 0.25) is 5.91 Å². The normalized spacial score (nSPS) is 18.1. The van der Waals surface area contributed by atoms with Crippen LogP contribution in [-0.2, 0) is 4.79 Å². The number of hydrogen-bond acceptors (Lipinski definition) is 3. The fourth-order valence-electron chi connectivity index (χ4n) is 2.48. The minimum atomic E-state index is -0.653. The summed E-state index contributed by atoms with van der Waals surface area (Å²) < 4.78 is 0. The molecule has 1 amide bonds. The summed E-state index contributed by atoms with van der Waals surface area (Å²) in [5.41, 5.74) is 5.55. The minimum absolute atomic E-state index is 0.140. The van der Waals surface area contributed by atoms with Crippen LogP contribution in [0.2, 0.25) is 0 Å². The van der Waals surface area contributed by atoms with Crippen LogP contribution in [0.4, 0.5) is 0 Å². The van der Waals surface area contributed by atoms with Crippen LogP contribution >= 0.6 is 0 Å². The summed E-state index contributed by atoms with van der Waals surface area (Å²) in [6.07, 6.45) is 2.67. The third-order valence-corrected chi connectivity index (χ3v) is 4.37. The van der Waals surface area contributed by atoms with E-state index in [2.05, 4.69) is 18.7 Å². The fraction of sp³-hybridized carbons (Fsp3) is 0.933. The zero-order chi connectivity index (χ0) is 14.5. The van der Waals surface area contributed by atoms with Crippen molar-refractivity contribution in [3.63, 3.8) is 0 Å². The summed E-state index contributed by atoms with van der Waals surface area (Å²) in [4.78, 5) is 16.9. The van der Waals surface area contributed by atoms with Gasteiger partial charge in [0.15, 0.2) is 0 Å². The molecular weight excluding hydrogens is 238 g/mol. The predicted molar refractivity (Wildman–Crippen MR) is 80.0 cm³/mol. The Morgan fingerprint density at radius 1 is 1.16 bits per heavy atom. The largest absolute Gasteiger partial charge is 0.339 e. The molecule has 0 radical (unpaired) electrons. The highest BCUT2D eigenvalue weighted by molar-refractivity contribution is 5.86. The molecule has 1 heterocycles. The van der Waals surface area contributed by atoms with Gasteiger partial charge in [0, 0.05) is 26.2 Å². The Labute approximate surface area is 118 Å². The molecule has 0 bridgehead atoms. The second-order valence-corrected chi connectivity index (χ2v) is 6.18. The first-order chi connectivity index (χ1) is 8.92. The van der Waals surface area contributed by atoms with Gasteiger partial charge in [0.1, 0.15) is 0 Å². The third-order valence-electron chi connectivity index (χ3n) is 4.37. The van der Waals surface area contributed by atoms with Crippen molar-refractivity contribution < 1.29 is 4.79 Å². The first kappa shape index (κ1) is 16.4. The Hall–Kier alpha value is -0.610. The van der Waals surface area contributed by atoms with E-state index in [1.165, 1.54) is 6.42 Å². The second kappa shape index (κ2) is 7.25. The number of hydrogen-bond donors (Lipinski definition) is 1. The molecule has 2 N–H and O–H groups in total. The molecule has 1 saturated heterocycles. The fourth-order valence-corrected chi connectivity index (χ4v) is 2.48. The van der Waals surface area contributed by atoms with E-state index < -0.39 is 5.54 Å². The van der Waals surface area contributed by atoms with Gasteiger partial charge in [-0.05, 0) is 31.7 Å². The monoisotopic (exact) mass is 269 g/mol. The molecule has 1 aliphatic heterocycles. The molecule has 19 heavy (non-hydrogen) atoms. The van der Waals surface area contributed by atoms with Gasteiger partial charge < -0.3 is 10.6 Å². The molecule has 0 aromatic carbocycles. The Morgan fingerprint density at radius 2 is 1.68 bits per heavy atom. The highest BCUT2D eigenvalue weighted by Crippen LogP contribution is 2.17. The van der Waals surface area contributed by atoms with E-state index in [9.17, 15) is 4.79 Å². The third kappa shape index (κ3) is 4.46. The summed E-state index contributed by atoms with van der Waals surface area (Å²) in [6, 6.07) is 0. The molecule has 1 rings (SSSR count). The lowest BCUT2D eigenvalue weighted by Crippen LogP contribution is -2.59. The number of rotatable bonds is 6. The molecule has 4 heteroatoms. The van der Waals surface area contributed by atoms with Crippen LogP contribution in [0.15, 0.2) is 0 Å². The minimum Gasteiger partial charge on any atom is -0.339 e. The molecule has 0 unspecified atom stereocenters. The number of carbonyl (C=O) groups excluding carboxylic acids is 1. The van der Waals surface area contributed by atoms with Crippen LogP contribution in [0.5, 0.6) is 0 Å². The van der Waals surface area contributed by atoms with Gasteiger partial charge in [0.25, 0.3) is 0 Å². The maximum atomic E-state index is 12.4. The summed E-state index contributed by atoms with van der Waals surface area (Å²) in [7, 11) is 0. The van der Waals surface area contributed by atoms with Crippen molar-refractivity contribution in [1.29, 1.82) is 0 Å². The molecule has 0 aliphatic carbocycles. The number of amides is 1. The van der Waals surface area contributed by atoms with Crippen LogP contribution in [-0.4, -0.2) is 54.0 Å². The van der Waals surface area contributed by atoms with Crippen LogP contribution in [0.1, 0.15) is 47.0 Å². The van der Waals surface area contributed by atoms with Crippen molar-refractivity contribution in [3.8, 4) is 0 Å². The summed E-state index contributed by atoms with van der Waals surface area (Å²) in [5, 5.41) is 0. The van der Waals surface area contributed by atoms with E-state index in [0.29, 0.717) is 0 Å².